The fraction of sp³-hybridized carbons (Fsp3) is 0.615. The van der Waals surface area contributed by atoms with Crippen molar-refractivity contribution in [1.82, 2.24) is 10.2 Å². The van der Waals surface area contributed by atoms with Crippen molar-refractivity contribution >= 4 is 40.6 Å². The maximum Gasteiger partial charge on any atom is 0.261 e. The topological polar surface area (TPSA) is 32.3 Å². The average molecular weight is 317 g/mol. The number of thiophene rings is 1. The van der Waals surface area contributed by atoms with E-state index >= 15 is 0 Å². The first-order valence-corrected chi connectivity index (χ1v) is 8.96. The third kappa shape index (κ3) is 2.79. The van der Waals surface area contributed by atoms with Crippen LogP contribution >= 0.6 is 34.7 Å². The zero-order valence-electron chi connectivity index (χ0n) is 10.8. The second kappa shape index (κ2) is 5.64. The molecule has 0 spiro atoms. The summed E-state index contributed by atoms with van der Waals surface area (Å²) in [6.45, 7) is 3.39. The summed E-state index contributed by atoms with van der Waals surface area (Å²) < 4.78 is 1.01. The van der Waals surface area contributed by atoms with Gasteiger partial charge in [-0.1, -0.05) is 11.6 Å². The molecule has 104 valence electrons. The molecule has 0 aliphatic carbocycles. The predicted molar refractivity (Wildman–Crippen MR) is 81.5 cm³/mol. The molecule has 3 aliphatic rings. The van der Waals surface area contributed by atoms with E-state index in [1.807, 2.05) is 6.26 Å². The number of nitrogens with one attached hydrogen (secondary N) is 1. The third-order valence-electron chi connectivity index (χ3n) is 4.04. The van der Waals surface area contributed by atoms with Crippen LogP contribution in [0.3, 0.4) is 0 Å². The maximum absolute atomic E-state index is 12.3. The summed E-state index contributed by atoms with van der Waals surface area (Å²) in [5, 5.41) is 3.88. The highest BCUT2D eigenvalue weighted by Gasteiger charge is 2.35. The molecule has 1 aromatic rings. The van der Waals surface area contributed by atoms with Crippen molar-refractivity contribution < 1.29 is 4.79 Å². The minimum Gasteiger partial charge on any atom is -0.347 e. The molecule has 3 nitrogen and oxygen atoms in total. The maximum atomic E-state index is 12.3. The van der Waals surface area contributed by atoms with Crippen molar-refractivity contribution in [3.63, 3.8) is 0 Å². The van der Waals surface area contributed by atoms with Crippen molar-refractivity contribution in [3.05, 3.63) is 16.0 Å². The quantitative estimate of drug-likeness (QED) is 0.870. The number of fused-ring (bicyclic) bond motifs is 3. The zero-order chi connectivity index (χ0) is 13.4. The SMILES string of the molecule is CSc1sc(C(=O)N[C@H]2CN3CCC2CC3)cc1Cl. The van der Waals surface area contributed by atoms with Crippen molar-refractivity contribution in [2.24, 2.45) is 5.92 Å². The van der Waals surface area contributed by atoms with E-state index in [1.54, 1.807) is 17.8 Å². The molecule has 3 saturated heterocycles. The molecule has 1 N–H and O–H groups in total. The number of hydrogen-bond acceptors (Lipinski definition) is 4. The minimum absolute atomic E-state index is 0.0333. The van der Waals surface area contributed by atoms with E-state index in [4.69, 9.17) is 11.6 Å². The van der Waals surface area contributed by atoms with Crippen molar-refractivity contribution in [3.8, 4) is 0 Å². The van der Waals surface area contributed by atoms with Gasteiger partial charge in [-0.15, -0.1) is 23.1 Å². The third-order valence-corrected chi connectivity index (χ3v) is 6.83. The lowest BCUT2D eigenvalue weighted by Gasteiger charge is -2.44. The van der Waals surface area contributed by atoms with Gasteiger partial charge < -0.3 is 10.2 Å². The highest BCUT2D eigenvalue weighted by atomic mass is 35.5. The Hall–Kier alpha value is -0.230. The largest absolute Gasteiger partial charge is 0.347 e. The summed E-state index contributed by atoms with van der Waals surface area (Å²) >= 11 is 9.17. The Labute approximate surface area is 126 Å². The van der Waals surface area contributed by atoms with Gasteiger partial charge in [0.15, 0.2) is 0 Å². The van der Waals surface area contributed by atoms with Gasteiger partial charge in [-0.2, -0.15) is 0 Å². The fourth-order valence-electron chi connectivity index (χ4n) is 2.97. The molecule has 4 rings (SSSR count). The van der Waals surface area contributed by atoms with Crippen molar-refractivity contribution in [2.45, 2.75) is 23.1 Å². The van der Waals surface area contributed by atoms with E-state index in [-0.39, 0.29) is 5.91 Å². The molecule has 3 fully saturated rings. The van der Waals surface area contributed by atoms with E-state index in [2.05, 4.69) is 10.2 Å². The van der Waals surface area contributed by atoms with Crippen LogP contribution in [0.25, 0.3) is 0 Å². The highest BCUT2D eigenvalue weighted by molar-refractivity contribution is 8.00. The summed E-state index contributed by atoms with van der Waals surface area (Å²) in [7, 11) is 0. The first-order valence-electron chi connectivity index (χ1n) is 6.54. The molecule has 0 radical (unpaired) electrons. The van der Waals surface area contributed by atoms with Gasteiger partial charge in [0.25, 0.3) is 5.91 Å². The van der Waals surface area contributed by atoms with E-state index < -0.39 is 0 Å². The van der Waals surface area contributed by atoms with E-state index in [1.165, 1.54) is 37.3 Å². The fourth-order valence-corrected chi connectivity index (χ4v) is 5.03. The Morgan fingerprint density at radius 2 is 2.26 bits per heavy atom. The molecule has 4 heterocycles. The van der Waals surface area contributed by atoms with Gasteiger partial charge in [-0.3, -0.25) is 4.79 Å². The first kappa shape index (κ1) is 13.7. The number of carbonyl (C=O) groups is 1. The van der Waals surface area contributed by atoms with E-state index in [0.717, 1.165) is 15.6 Å². The van der Waals surface area contributed by atoms with Crippen LogP contribution in [-0.2, 0) is 0 Å². The van der Waals surface area contributed by atoms with Gasteiger partial charge in [0, 0.05) is 12.6 Å². The minimum atomic E-state index is 0.0333. The van der Waals surface area contributed by atoms with Crippen LogP contribution < -0.4 is 5.32 Å². The zero-order valence-corrected chi connectivity index (χ0v) is 13.2. The molecule has 0 saturated carbocycles. The standard InChI is InChI=1S/C13H17ClN2OS2/c1-18-13-9(14)6-11(19-13)12(17)15-10-7-16-4-2-8(10)3-5-16/h6,8,10H,2-5,7H2,1H3,(H,15,17)/t10-/m0/s1. The molecule has 0 unspecified atom stereocenters. The van der Waals surface area contributed by atoms with Crippen LogP contribution in [-0.4, -0.2) is 42.7 Å². The van der Waals surface area contributed by atoms with Gasteiger partial charge in [0.1, 0.15) is 0 Å². The number of nitrogens with zero attached hydrogens (tertiary/aromatic N) is 1. The van der Waals surface area contributed by atoms with Crippen LogP contribution in [0.4, 0.5) is 0 Å². The number of halogens is 1. The molecule has 1 aromatic heterocycles. The monoisotopic (exact) mass is 316 g/mol. The lowest BCUT2D eigenvalue weighted by molar-refractivity contribution is 0.0622. The van der Waals surface area contributed by atoms with E-state index in [9.17, 15) is 4.79 Å². The number of piperidine rings is 3. The number of carbonyl (C=O) groups excluding carboxylic acids is 1. The summed E-state index contributed by atoms with van der Waals surface area (Å²) in [6, 6.07) is 2.10. The Kier molecular flexibility index (Phi) is 4.08. The van der Waals surface area contributed by atoms with Gasteiger partial charge in [-0.25, -0.2) is 0 Å². The van der Waals surface area contributed by atoms with Gasteiger partial charge in [0.05, 0.1) is 14.1 Å². The van der Waals surface area contributed by atoms with Gasteiger partial charge in [-0.05, 0) is 44.2 Å². The molecular weight excluding hydrogens is 300 g/mol. The van der Waals surface area contributed by atoms with Gasteiger partial charge >= 0.3 is 0 Å². The predicted octanol–water partition coefficient (Wildman–Crippen LogP) is 2.95. The smallest absolute Gasteiger partial charge is 0.261 e. The molecule has 1 amide bonds. The lowest BCUT2D eigenvalue weighted by Crippen LogP contribution is -2.57. The Bertz CT molecular complexity index is 483. The highest BCUT2D eigenvalue weighted by Crippen LogP contribution is 2.34. The molecular formula is C13H17ClN2OS2. The lowest BCUT2D eigenvalue weighted by atomic mass is 9.84. The number of hydrogen-bond donors (Lipinski definition) is 1. The first-order chi connectivity index (χ1) is 9.17. The molecule has 6 heteroatoms. The molecule has 1 atom stereocenters. The van der Waals surface area contributed by atoms with Crippen molar-refractivity contribution in [1.29, 1.82) is 0 Å². The average Bonchev–Trinajstić information content (AvgIpc) is 2.81. The summed E-state index contributed by atoms with van der Waals surface area (Å²) in [6.07, 6.45) is 4.41. The van der Waals surface area contributed by atoms with Crippen LogP contribution in [0.5, 0.6) is 0 Å². The molecule has 3 aliphatic heterocycles. The van der Waals surface area contributed by atoms with Crippen LogP contribution in [0.15, 0.2) is 10.3 Å². The van der Waals surface area contributed by atoms with Gasteiger partial charge in [0.2, 0.25) is 0 Å². The summed E-state index contributed by atoms with van der Waals surface area (Å²) in [5.74, 6) is 0.690. The molecule has 19 heavy (non-hydrogen) atoms. The number of thioether (sulfide) groups is 1. The summed E-state index contributed by atoms with van der Waals surface area (Å²) in [4.78, 5) is 15.5. The Balaban J connectivity index is 1.67. The second-order valence-electron chi connectivity index (χ2n) is 5.17. The number of amides is 1. The van der Waals surface area contributed by atoms with Crippen LogP contribution in [0.1, 0.15) is 22.5 Å². The second-order valence-corrected chi connectivity index (χ2v) is 7.70. The van der Waals surface area contributed by atoms with Crippen LogP contribution in [0.2, 0.25) is 5.02 Å². The Morgan fingerprint density at radius 1 is 1.53 bits per heavy atom. The van der Waals surface area contributed by atoms with Crippen LogP contribution in [0, 0.1) is 5.92 Å². The molecule has 2 bridgehead atoms. The number of rotatable bonds is 3. The summed E-state index contributed by atoms with van der Waals surface area (Å²) in [5.41, 5.74) is 0. The van der Waals surface area contributed by atoms with E-state index in [0.29, 0.717) is 17.0 Å². The van der Waals surface area contributed by atoms with Crippen molar-refractivity contribution in [2.75, 3.05) is 25.9 Å². The molecule has 0 aromatic carbocycles. The normalized spacial score (nSPS) is 29.5. The Morgan fingerprint density at radius 3 is 2.79 bits per heavy atom.